The third-order valence-corrected chi connectivity index (χ3v) is 8.63. The van der Waals surface area contributed by atoms with Crippen LogP contribution in [-0.4, -0.2) is 35.8 Å². The van der Waals surface area contributed by atoms with Crippen molar-refractivity contribution in [3.63, 3.8) is 0 Å². The fourth-order valence-corrected chi connectivity index (χ4v) is 7.23. The van der Waals surface area contributed by atoms with Crippen LogP contribution in [0.2, 0.25) is 0 Å². The Morgan fingerprint density at radius 2 is 1.42 bits per heavy atom. The highest BCUT2D eigenvalue weighted by atomic mass is 31.1. The van der Waals surface area contributed by atoms with Crippen LogP contribution in [0.4, 0.5) is 0 Å². The summed E-state index contributed by atoms with van der Waals surface area (Å²) in [7, 11) is -0.614. The molecule has 3 aromatic carbocycles. The molecule has 0 unspecified atom stereocenters. The number of aliphatic imine (C=N–C) groups is 1. The average molecular weight is 429 g/mol. The minimum Gasteiger partial charge on any atom is -0.478 e. The van der Waals surface area contributed by atoms with E-state index in [1.54, 1.807) is 0 Å². The first-order chi connectivity index (χ1) is 15.4. The van der Waals surface area contributed by atoms with Crippen molar-refractivity contribution < 1.29 is 4.74 Å². The lowest BCUT2D eigenvalue weighted by molar-refractivity contribution is 0.254. The summed E-state index contributed by atoms with van der Waals surface area (Å²) in [6, 6.07) is 33.1. The molecule has 4 heteroatoms. The number of rotatable bonds is 6. The van der Waals surface area contributed by atoms with Gasteiger partial charge in [-0.15, -0.1) is 0 Å². The van der Waals surface area contributed by atoms with Crippen molar-refractivity contribution in [1.29, 1.82) is 0 Å². The molecule has 0 aliphatic carbocycles. The molecule has 3 nitrogen and oxygen atoms in total. The number of piperidine rings is 1. The molecule has 0 aromatic heterocycles. The summed E-state index contributed by atoms with van der Waals surface area (Å²) in [4.78, 5) is 5.09. The van der Waals surface area contributed by atoms with Gasteiger partial charge in [0.2, 0.25) is 5.90 Å². The van der Waals surface area contributed by atoms with Gasteiger partial charge in [0.1, 0.15) is 6.61 Å². The molecule has 0 spiro atoms. The van der Waals surface area contributed by atoms with Crippen LogP contribution in [0.3, 0.4) is 0 Å². The summed E-state index contributed by atoms with van der Waals surface area (Å²) in [6.45, 7) is 1.79. The SMILES string of the molecule is c1ccc(C[C@H]2COC([C@H]3CCCCN3P(c3ccccc3)c3ccccc3)=N2)cc1. The van der Waals surface area contributed by atoms with E-state index in [1.807, 2.05) is 0 Å². The standard InChI is InChI=1S/C27H29N2OP/c1-4-12-22(13-5-1)20-23-21-30-27(28-23)26-18-10-11-19-29(26)31(24-14-6-2-7-15-24)25-16-8-3-9-17-25/h1-9,12-17,23,26H,10-11,18-21H2/t23-,26+/m0/s1. The molecule has 0 amide bonds. The van der Waals surface area contributed by atoms with Crippen LogP contribution < -0.4 is 10.6 Å². The topological polar surface area (TPSA) is 24.8 Å². The summed E-state index contributed by atoms with van der Waals surface area (Å²) < 4.78 is 8.94. The van der Waals surface area contributed by atoms with E-state index < -0.39 is 8.07 Å². The highest BCUT2D eigenvalue weighted by molar-refractivity contribution is 7.70. The lowest BCUT2D eigenvalue weighted by Crippen LogP contribution is -2.45. The van der Waals surface area contributed by atoms with Gasteiger partial charge < -0.3 is 4.74 Å². The van der Waals surface area contributed by atoms with Gasteiger partial charge in [-0.1, -0.05) is 97.4 Å². The lowest BCUT2D eigenvalue weighted by atomic mass is 10.0. The quantitative estimate of drug-likeness (QED) is 0.520. The van der Waals surface area contributed by atoms with E-state index in [-0.39, 0.29) is 12.1 Å². The zero-order chi connectivity index (χ0) is 20.9. The minimum absolute atomic E-state index is 0.223. The Labute approximate surface area is 186 Å². The number of hydrogen-bond donors (Lipinski definition) is 0. The van der Waals surface area contributed by atoms with E-state index in [0.29, 0.717) is 6.61 Å². The second-order valence-corrected chi connectivity index (χ2v) is 10.4. The van der Waals surface area contributed by atoms with Gasteiger partial charge in [-0.2, -0.15) is 0 Å². The normalized spacial score (nSPS) is 21.6. The molecule has 0 saturated carbocycles. The first-order valence-corrected chi connectivity index (χ1v) is 12.6. The van der Waals surface area contributed by atoms with Crippen molar-refractivity contribution in [1.82, 2.24) is 4.67 Å². The molecule has 2 aliphatic rings. The van der Waals surface area contributed by atoms with E-state index in [9.17, 15) is 0 Å². The van der Waals surface area contributed by atoms with Gasteiger partial charge >= 0.3 is 0 Å². The molecule has 2 atom stereocenters. The Kier molecular flexibility index (Phi) is 6.43. The van der Waals surface area contributed by atoms with Crippen LogP contribution in [-0.2, 0) is 11.2 Å². The van der Waals surface area contributed by atoms with Crippen LogP contribution in [0.1, 0.15) is 24.8 Å². The van der Waals surface area contributed by atoms with Crippen LogP contribution in [0.15, 0.2) is 96.0 Å². The van der Waals surface area contributed by atoms with Crippen molar-refractivity contribution in [2.24, 2.45) is 4.99 Å². The van der Waals surface area contributed by atoms with Crippen molar-refractivity contribution in [2.75, 3.05) is 13.2 Å². The lowest BCUT2D eigenvalue weighted by Gasteiger charge is -2.40. The molecule has 158 valence electrons. The molecule has 31 heavy (non-hydrogen) atoms. The second-order valence-electron chi connectivity index (χ2n) is 8.28. The molecular weight excluding hydrogens is 399 g/mol. The van der Waals surface area contributed by atoms with Gasteiger partial charge in [0.05, 0.1) is 12.1 Å². The monoisotopic (exact) mass is 428 g/mol. The Morgan fingerprint density at radius 1 is 0.806 bits per heavy atom. The van der Waals surface area contributed by atoms with E-state index in [4.69, 9.17) is 9.73 Å². The molecular formula is C27H29N2OP. The maximum atomic E-state index is 6.25. The molecule has 1 fully saturated rings. The maximum absolute atomic E-state index is 6.25. The molecule has 2 aliphatic heterocycles. The smallest absolute Gasteiger partial charge is 0.201 e. The van der Waals surface area contributed by atoms with Gasteiger partial charge in [-0.05, 0) is 35.4 Å². The van der Waals surface area contributed by atoms with Crippen LogP contribution in [0.25, 0.3) is 0 Å². The fraction of sp³-hybridized carbons (Fsp3) is 0.296. The minimum atomic E-state index is -0.614. The first-order valence-electron chi connectivity index (χ1n) is 11.3. The molecule has 3 aromatic rings. The number of nitrogens with zero attached hydrogens (tertiary/aromatic N) is 2. The Balaban J connectivity index is 1.43. The van der Waals surface area contributed by atoms with Crippen molar-refractivity contribution in [2.45, 2.75) is 37.8 Å². The summed E-state index contributed by atoms with van der Waals surface area (Å²) >= 11 is 0. The van der Waals surface area contributed by atoms with Crippen molar-refractivity contribution in [3.05, 3.63) is 96.6 Å². The van der Waals surface area contributed by atoms with Crippen LogP contribution in [0, 0.1) is 0 Å². The van der Waals surface area contributed by atoms with Crippen LogP contribution >= 0.6 is 8.07 Å². The summed E-state index contributed by atoms with van der Waals surface area (Å²) in [5, 5.41) is 2.80. The second kappa shape index (κ2) is 9.77. The van der Waals surface area contributed by atoms with Crippen molar-refractivity contribution >= 4 is 24.6 Å². The molecule has 0 bridgehead atoms. The Hall–Kier alpha value is -2.48. The predicted octanol–water partition coefficient (Wildman–Crippen LogP) is 4.93. The molecule has 5 rings (SSSR count). The maximum Gasteiger partial charge on any atom is 0.201 e. The Morgan fingerprint density at radius 3 is 2.06 bits per heavy atom. The third-order valence-electron chi connectivity index (χ3n) is 6.07. The molecule has 2 heterocycles. The third kappa shape index (κ3) is 4.74. The summed E-state index contributed by atoms with van der Waals surface area (Å²) in [5.74, 6) is 0.958. The number of hydrogen-bond acceptors (Lipinski definition) is 3. The highest BCUT2D eigenvalue weighted by Crippen LogP contribution is 2.43. The van der Waals surface area contributed by atoms with Gasteiger partial charge in [0.25, 0.3) is 0 Å². The number of ether oxygens (including phenoxy) is 1. The molecule has 0 N–H and O–H groups in total. The average Bonchev–Trinajstić information content (AvgIpc) is 3.30. The largest absolute Gasteiger partial charge is 0.478 e. The van der Waals surface area contributed by atoms with Gasteiger partial charge in [0.15, 0.2) is 0 Å². The zero-order valence-electron chi connectivity index (χ0n) is 17.8. The van der Waals surface area contributed by atoms with Gasteiger partial charge in [-0.25, -0.2) is 4.99 Å². The van der Waals surface area contributed by atoms with Gasteiger partial charge in [-0.3, -0.25) is 4.67 Å². The van der Waals surface area contributed by atoms with Gasteiger partial charge in [0, 0.05) is 14.6 Å². The molecule has 1 saturated heterocycles. The van der Waals surface area contributed by atoms with E-state index >= 15 is 0 Å². The predicted molar refractivity (Wildman–Crippen MR) is 131 cm³/mol. The highest BCUT2D eigenvalue weighted by Gasteiger charge is 2.37. The summed E-state index contributed by atoms with van der Waals surface area (Å²) in [5.41, 5.74) is 1.33. The van der Waals surface area contributed by atoms with E-state index in [2.05, 4.69) is 95.7 Å². The molecule has 0 radical (unpaired) electrons. The van der Waals surface area contributed by atoms with E-state index in [0.717, 1.165) is 25.3 Å². The number of benzene rings is 3. The zero-order valence-corrected chi connectivity index (χ0v) is 18.7. The van der Waals surface area contributed by atoms with E-state index in [1.165, 1.54) is 29.0 Å². The Bertz CT molecular complexity index is 954. The summed E-state index contributed by atoms with van der Waals surface area (Å²) in [6.07, 6.45) is 4.54. The van der Waals surface area contributed by atoms with Crippen LogP contribution in [0.5, 0.6) is 0 Å². The van der Waals surface area contributed by atoms with Crippen molar-refractivity contribution in [3.8, 4) is 0 Å². The fourth-order valence-electron chi connectivity index (χ4n) is 4.60. The first kappa shape index (κ1) is 20.4.